The van der Waals surface area contributed by atoms with Gasteiger partial charge >= 0.3 is 12.1 Å². The predicted octanol–water partition coefficient (Wildman–Crippen LogP) is 4.76. The number of ether oxygens (including phenoxy) is 1. The third-order valence-corrected chi connectivity index (χ3v) is 8.10. The molecule has 0 saturated heterocycles. The van der Waals surface area contributed by atoms with Crippen molar-refractivity contribution in [2.75, 3.05) is 12.3 Å². The smallest absolute Gasteiger partial charge is 0.418 e. The van der Waals surface area contributed by atoms with Gasteiger partial charge in [-0.2, -0.15) is 17.9 Å². The lowest BCUT2D eigenvalue weighted by molar-refractivity contribution is -0.146. The van der Waals surface area contributed by atoms with Crippen molar-refractivity contribution >= 4 is 27.6 Å². The summed E-state index contributed by atoms with van der Waals surface area (Å²) < 4.78 is 74.5. The van der Waals surface area contributed by atoms with Gasteiger partial charge in [-0.15, -0.1) is 0 Å². The number of sulfonamides is 1. The van der Waals surface area contributed by atoms with Crippen molar-refractivity contribution in [3.8, 4) is 0 Å². The quantitative estimate of drug-likeness (QED) is 0.154. The standard InChI is InChI=1S/C32H30F3N3O5S/c33-32(34,35)27-20-26(16-17-28(27)36)44(41,42)38-29(19-23-12-6-2-7-13-23)31(40)43-21-25(18-22-10-4-1-5-11-22)37-30(39)24-14-8-3-9-15-24/h1-17,20,25,29,38H,18-19,21,36H2,(H,37,39)/t25-,29-/m0/s1. The molecule has 4 N–H and O–H groups in total. The van der Waals surface area contributed by atoms with Gasteiger partial charge in [0.2, 0.25) is 10.0 Å². The van der Waals surface area contributed by atoms with Gasteiger partial charge in [-0.05, 0) is 54.3 Å². The van der Waals surface area contributed by atoms with Crippen molar-refractivity contribution in [3.63, 3.8) is 0 Å². The van der Waals surface area contributed by atoms with Crippen LogP contribution < -0.4 is 15.8 Å². The Morgan fingerprint density at radius 2 is 1.34 bits per heavy atom. The molecule has 2 atom stereocenters. The van der Waals surface area contributed by atoms with Gasteiger partial charge in [0, 0.05) is 11.3 Å². The molecule has 0 fully saturated rings. The summed E-state index contributed by atoms with van der Waals surface area (Å²) in [6.07, 6.45) is -4.75. The van der Waals surface area contributed by atoms with E-state index in [-0.39, 0.29) is 13.0 Å². The van der Waals surface area contributed by atoms with Crippen molar-refractivity contribution in [1.82, 2.24) is 10.0 Å². The Morgan fingerprint density at radius 1 is 0.795 bits per heavy atom. The molecule has 12 heteroatoms. The third-order valence-electron chi connectivity index (χ3n) is 6.63. The summed E-state index contributed by atoms with van der Waals surface area (Å²) in [6, 6.07) is 26.0. The molecule has 0 unspecified atom stereocenters. The van der Waals surface area contributed by atoms with Crippen LogP contribution >= 0.6 is 0 Å². The second kappa shape index (κ2) is 14.2. The molecule has 0 spiro atoms. The first-order valence-electron chi connectivity index (χ1n) is 13.5. The normalized spacial score (nSPS) is 13.1. The summed E-state index contributed by atoms with van der Waals surface area (Å²) in [6.45, 7) is -0.306. The second-order valence-corrected chi connectivity index (χ2v) is 11.7. The minimum absolute atomic E-state index is 0.153. The molecule has 4 aromatic rings. The van der Waals surface area contributed by atoms with Crippen molar-refractivity contribution in [3.05, 3.63) is 131 Å². The van der Waals surface area contributed by atoms with E-state index in [1.54, 1.807) is 60.7 Å². The van der Waals surface area contributed by atoms with Crippen molar-refractivity contribution in [1.29, 1.82) is 0 Å². The second-order valence-electron chi connectivity index (χ2n) is 9.97. The summed E-state index contributed by atoms with van der Waals surface area (Å²) >= 11 is 0. The van der Waals surface area contributed by atoms with Crippen LogP contribution in [0.25, 0.3) is 0 Å². The maximum atomic E-state index is 13.4. The Bertz CT molecular complexity index is 1670. The fourth-order valence-electron chi connectivity index (χ4n) is 4.42. The van der Waals surface area contributed by atoms with Gasteiger partial charge in [-0.3, -0.25) is 9.59 Å². The number of nitrogens with one attached hydrogen (secondary N) is 2. The fraction of sp³-hybridized carbons (Fsp3) is 0.188. The largest absolute Gasteiger partial charge is 0.462 e. The van der Waals surface area contributed by atoms with E-state index in [1.807, 2.05) is 30.3 Å². The first kappa shape index (κ1) is 32.2. The zero-order valence-electron chi connectivity index (χ0n) is 23.3. The lowest BCUT2D eigenvalue weighted by Gasteiger charge is -2.22. The summed E-state index contributed by atoms with van der Waals surface area (Å²) in [5.41, 5.74) is 5.29. The Labute approximate surface area is 253 Å². The van der Waals surface area contributed by atoms with Crippen LogP contribution in [-0.2, 0) is 38.6 Å². The molecule has 0 aliphatic rings. The number of halogens is 3. The van der Waals surface area contributed by atoms with Gasteiger partial charge in [-0.1, -0.05) is 78.9 Å². The number of amides is 1. The molecule has 0 heterocycles. The first-order chi connectivity index (χ1) is 20.9. The average Bonchev–Trinajstić information content (AvgIpc) is 3.00. The van der Waals surface area contributed by atoms with E-state index >= 15 is 0 Å². The summed E-state index contributed by atoms with van der Waals surface area (Å²) in [4.78, 5) is 25.6. The van der Waals surface area contributed by atoms with Crippen LogP contribution in [0.3, 0.4) is 0 Å². The molecule has 0 aliphatic carbocycles. The minimum atomic E-state index is -4.89. The molecule has 0 aliphatic heterocycles. The predicted molar refractivity (Wildman–Crippen MR) is 159 cm³/mol. The molecule has 4 rings (SSSR count). The average molecular weight is 626 g/mol. The number of carbonyl (C=O) groups is 2. The van der Waals surface area contributed by atoms with Gasteiger partial charge in [-0.25, -0.2) is 8.42 Å². The molecule has 0 aromatic heterocycles. The number of carbonyl (C=O) groups excluding carboxylic acids is 2. The summed E-state index contributed by atoms with van der Waals surface area (Å²) in [5, 5.41) is 2.85. The molecule has 0 saturated carbocycles. The van der Waals surface area contributed by atoms with E-state index in [0.29, 0.717) is 23.6 Å². The van der Waals surface area contributed by atoms with Crippen molar-refractivity contribution < 1.29 is 35.9 Å². The van der Waals surface area contributed by atoms with Crippen LogP contribution in [0.4, 0.5) is 18.9 Å². The molecule has 44 heavy (non-hydrogen) atoms. The number of nitrogens with two attached hydrogens (primary N) is 1. The topological polar surface area (TPSA) is 128 Å². The van der Waals surface area contributed by atoms with E-state index in [1.165, 1.54) is 0 Å². The zero-order valence-corrected chi connectivity index (χ0v) is 24.1. The molecular weight excluding hydrogens is 595 g/mol. The molecule has 4 aromatic carbocycles. The van der Waals surface area contributed by atoms with Crippen LogP contribution in [0, 0.1) is 0 Å². The van der Waals surface area contributed by atoms with Gasteiger partial charge in [0.25, 0.3) is 5.91 Å². The first-order valence-corrected chi connectivity index (χ1v) is 15.0. The maximum Gasteiger partial charge on any atom is 0.418 e. The molecule has 0 bridgehead atoms. The van der Waals surface area contributed by atoms with E-state index in [9.17, 15) is 31.2 Å². The summed E-state index contributed by atoms with van der Waals surface area (Å²) in [5.74, 6) is -1.37. The SMILES string of the molecule is Nc1ccc(S(=O)(=O)N[C@@H](Cc2ccccc2)C(=O)OC[C@H](Cc2ccccc2)NC(=O)c2ccccc2)cc1C(F)(F)F. The van der Waals surface area contributed by atoms with Gasteiger partial charge in [0.15, 0.2) is 0 Å². The lowest BCUT2D eigenvalue weighted by atomic mass is 10.1. The van der Waals surface area contributed by atoms with Crippen LogP contribution in [0.2, 0.25) is 0 Å². The highest BCUT2D eigenvalue weighted by atomic mass is 32.2. The van der Waals surface area contributed by atoms with E-state index in [4.69, 9.17) is 10.5 Å². The minimum Gasteiger partial charge on any atom is -0.462 e. The van der Waals surface area contributed by atoms with Gasteiger partial charge in [0.05, 0.1) is 16.5 Å². The Hall–Kier alpha value is -4.68. The number of alkyl halides is 3. The highest BCUT2D eigenvalue weighted by Gasteiger charge is 2.35. The highest BCUT2D eigenvalue weighted by molar-refractivity contribution is 7.89. The van der Waals surface area contributed by atoms with E-state index < -0.39 is 56.3 Å². The molecular formula is C32H30F3N3O5S. The number of benzene rings is 4. The third kappa shape index (κ3) is 8.91. The monoisotopic (exact) mass is 625 g/mol. The van der Waals surface area contributed by atoms with Gasteiger partial charge in [0.1, 0.15) is 12.6 Å². The Kier molecular flexibility index (Phi) is 10.4. The number of hydrogen-bond donors (Lipinski definition) is 3. The zero-order chi connectivity index (χ0) is 31.7. The van der Waals surface area contributed by atoms with Crippen molar-refractivity contribution in [2.45, 2.75) is 36.0 Å². The van der Waals surface area contributed by atoms with E-state index in [0.717, 1.165) is 17.7 Å². The maximum absolute atomic E-state index is 13.4. The van der Waals surface area contributed by atoms with Crippen LogP contribution in [0.5, 0.6) is 0 Å². The molecule has 8 nitrogen and oxygen atoms in total. The fourth-order valence-corrected chi connectivity index (χ4v) is 5.63. The number of esters is 1. The molecule has 230 valence electrons. The van der Waals surface area contributed by atoms with Gasteiger partial charge < -0.3 is 15.8 Å². The molecule has 1 amide bonds. The highest BCUT2D eigenvalue weighted by Crippen LogP contribution is 2.35. The van der Waals surface area contributed by atoms with Crippen LogP contribution in [0.15, 0.2) is 114 Å². The Morgan fingerprint density at radius 3 is 1.91 bits per heavy atom. The molecule has 0 radical (unpaired) electrons. The number of nitrogen functional groups attached to an aromatic ring is 1. The number of hydrogen-bond acceptors (Lipinski definition) is 6. The number of rotatable bonds is 12. The number of anilines is 1. The van der Waals surface area contributed by atoms with Crippen molar-refractivity contribution in [2.24, 2.45) is 0 Å². The van der Waals surface area contributed by atoms with E-state index in [2.05, 4.69) is 10.0 Å². The summed E-state index contributed by atoms with van der Waals surface area (Å²) in [7, 11) is -4.64. The lowest BCUT2D eigenvalue weighted by Crippen LogP contribution is -2.46. The Balaban J connectivity index is 1.56. The van der Waals surface area contributed by atoms with Crippen LogP contribution in [-0.4, -0.2) is 39.0 Å². The van der Waals surface area contributed by atoms with Crippen LogP contribution in [0.1, 0.15) is 27.0 Å².